The van der Waals surface area contributed by atoms with Crippen molar-refractivity contribution in [3.63, 3.8) is 0 Å². The van der Waals surface area contributed by atoms with Gasteiger partial charge in [0.05, 0.1) is 7.11 Å². The molecule has 13 heavy (non-hydrogen) atoms. The number of fused-ring (bicyclic) bond motifs is 1. The zero-order chi connectivity index (χ0) is 9.42. The topological polar surface area (TPSA) is 48.3 Å². The van der Waals surface area contributed by atoms with Crippen molar-refractivity contribution >= 4 is 18.0 Å². The predicted octanol–water partition coefficient (Wildman–Crippen LogP) is 0.698. The van der Waals surface area contributed by atoms with Crippen molar-refractivity contribution in [3.05, 3.63) is 29.6 Å². The van der Waals surface area contributed by atoms with Gasteiger partial charge in [-0.1, -0.05) is 0 Å². The summed E-state index contributed by atoms with van der Waals surface area (Å²) in [6, 6.07) is 3.51. The molecule has 1 aromatic heterocycles. The Hall–Kier alpha value is -1.84. The third-order valence-electron chi connectivity index (χ3n) is 1.93. The largest absolute Gasteiger partial charge is 0.465 e. The lowest BCUT2D eigenvalue weighted by Gasteiger charge is -1.98. The Labute approximate surface area is 74.4 Å². The molecule has 1 aliphatic rings. The molecule has 4 nitrogen and oxygen atoms in total. The highest BCUT2D eigenvalue weighted by Gasteiger charge is 2.27. The second-order valence-electron chi connectivity index (χ2n) is 2.66. The van der Waals surface area contributed by atoms with Gasteiger partial charge in [0.1, 0.15) is 5.57 Å². The molecule has 0 radical (unpaired) electrons. The van der Waals surface area contributed by atoms with Crippen LogP contribution in [0.4, 0.5) is 0 Å². The van der Waals surface area contributed by atoms with E-state index < -0.39 is 5.97 Å². The lowest BCUT2D eigenvalue weighted by atomic mass is 10.2. The summed E-state index contributed by atoms with van der Waals surface area (Å²) in [6.45, 7) is 0. The Morgan fingerprint density at radius 3 is 2.92 bits per heavy atom. The minimum Gasteiger partial charge on any atom is -0.465 e. The first-order chi connectivity index (χ1) is 6.24. The van der Waals surface area contributed by atoms with E-state index in [1.54, 1.807) is 18.3 Å². The van der Waals surface area contributed by atoms with E-state index >= 15 is 0 Å². The molecule has 0 aliphatic carbocycles. The lowest BCUT2D eigenvalue weighted by Crippen LogP contribution is -2.15. The van der Waals surface area contributed by atoms with E-state index in [1.807, 2.05) is 0 Å². The minimum absolute atomic E-state index is 0.0816. The highest BCUT2D eigenvalue weighted by atomic mass is 16.5. The summed E-state index contributed by atoms with van der Waals surface area (Å²) in [4.78, 5) is 22.5. The zero-order valence-corrected chi connectivity index (χ0v) is 6.98. The second kappa shape index (κ2) is 2.58. The molecule has 0 bridgehead atoms. The van der Waals surface area contributed by atoms with Crippen molar-refractivity contribution in [1.29, 1.82) is 0 Å². The van der Waals surface area contributed by atoms with Gasteiger partial charge in [-0.2, -0.15) is 0 Å². The molecule has 1 aliphatic heterocycles. The quantitative estimate of drug-likeness (QED) is 0.468. The molecule has 0 amide bonds. The van der Waals surface area contributed by atoms with Crippen molar-refractivity contribution < 1.29 is 14.3 Å². The maximum absolute atomic E-state index is 11.5. The molecular weight excluding hydrogens is 170 g/mol. The predicted molar refractivity (Wildman–Crippen MR) is 45.1 cm³/mol. The fourth-order valence-electron chi connectivity index (χ4n) is 1.29. The summed E-state index contributed by atoms with van der Waals surface area (Å²) >= 11 is 0. The summed E-state index contributed by atoms with van der Waals surface area (Å²) in [5.74, 6) is -0.916. The molecule has 0 N–H and O–H groups in total. The SMILES string of the molecule is COC(=O)C1=Cc2cccn2C1=O. The molecule has 0 saturated heterocycles. The van der Waals surface area contributed by atoms with Crippen LogP contribution in [0.15, 0.2) is 23.9 Å². The summed E-state index contributed by atoms with van der Waals surface area (Å²) in [5, 5.41) is 0. The minimum atomic E-state index is -0.589. The van der Waals surface area contributed by atoms with Gasteiger partial charge in [-0.25, -0.2) is 4.79 Å². The highest BCUT2D eigenvalue weighted by molar-refractivity contribution is 6.23. The van der Waals surface area contributed by atoms with Gasteiger partial charge >= 0.3 is 5.97 Å². The molecule has 0 unspecified atom stereocenters. The van der Waals surface area contributed by atoms with Crippen LogP contribution in [0.2, 0.25) is 0 Å². The molecule has 0 fully saturated rings. The smallest absolute Gasteiger partial charge is 0.343 e. The standard InChI is InChI=1S/C9H7NO3/c1-13-9(12)7-5-6-3-2-4-10(6)8(7)11/h2-5H,1H3. The number of carbonyl (C=O) groups is 2. The number of hydrogen-bond acceptors (Lipinski definition) is 3. The van der Waals surface area contributed by atoms with E-state index in [2.05, 4.69) is 4.74 Å². The Morgan fingerprint density at radius 2 is 2.31 bits per heavy atom. The number of methoxy groups -OCH3 is 1. The molecule has 0 atom stereocenters. The van der Waals surface area contributed by atoms with Crippen molar-refractivity contribution in [1.82, 2.24) is 4.57 Å². The van der Waals surface area contributed by atoms with Crippen LogP contribution in [0.25, 0.3) is 6.08 Å². The maximum Gasteiger partial charge on any atom is 0.343 e. The molecule has 2 heterocycles. The molecule has 0 aromatic carbocycles. The van der Waals surface area contributed by atoms with Crippen molar-refractivity contribution in [2.75, 3.05) is 7.11 Å². The van der Waals surface area contributed by atoms with Crippen LogP contribution in [-0.2, 0) is 9.53 Å². The summed E-state index contributed by atoms with van der Waals surface area (Å²) in [5.41, 5.74) is 0.795. The number of rotatable bonds is 1. The van der Waals surface area contributed by atoms with E-state index in [9.17, 15) is 9.59 Å². The van der Waals surface area contributed by atoms with Crippen LogP contribution in [0, 0.1) is 0 Å². The van der Waals surface area contributed by atoms with E-state index in [-0.39, 0.29) is 11.5 Å². The Kier molecular flexibility index (Phi) is 1.55. The maximum atomic E-state index is 11.5. The second-order valence-corrected chi connectivity index (χ2v) is 2.66. The average molecular weight is 177 g/mol. The van der Waals surface area contributed by atoms with Crippen LogP contribution in [0.1, 0.15) is 10.5 Å². The fraction of sp³-hybridized carbons (Fsp3) is 0.111. The van der Waals surface area contributed by atoms with Gasteiger partial charge in [0, 0.05) is 11.9 Å². The van der Waals surface area contributed by atoms with Crippen molar-refractivity contribution in [3.8, 4) is 0 Å². The summed E-state index contributed by atoms with van der Waals surface area (Å²) < 4.78 is 5.87. The number of ether oxygens (including phenoxy) is 1. The van der Waals surface area contributed by atoms with Crippen LogP contribution < -0.4 is 0 Å². The lowest BCUT2D eigenvalue weighted by molar-refractivity contribution is -0.135. The number of esters is 1. The van der Waals surface area contributed by atoms with Gasteiger partial charge in [0.2, 0.25) is 0 Å². The summed E-state index contributed by atoms with van der Waals surface area (Å²) in [7, 11) is 1.25. The van der Waals surface area contributed by atoms with Gasteiger partial charge in [-0.05, 0) is 18.2 Å². The third kappa shape index (κ3) is 0.989. The molecule has 0 spiro atoms. The number of nitrogens with zero attached hydrogens (tertiary/aromatic N) is 1. The van der Waals surface area contributed by atoms with Crippen molar-refractivity contribution in [2.24, 2.45) is 0 Å². The fourth-order valence-corrected chi connectivity index (χ4v) is 1.29. The van der Waals surface area contributed by atoms with Gasteiger partial charge in [-0.15, -0.1) is 0 Å². The molecule has 0 saturated carbocycles. The molecule has 1 aromatic rings. The first kappa shape index (κ1) is 7.79. The van der Waals surface area contributed by atoms with E-state index in [1.165, 1.54) is 17.8 Å². The van der Waals surface area contributed by atoms with Gasteiger partial charge in [-0.3, -0.25) is 9.36 Å². The van der Waals surface area contributed by atoms with Gasteiger partial charge in [0.25, 0.3) is 5.91 Å². The monoisotopic (exact) mass is 177 g/mol. The summed E-state index contributed by atoms with van der Waals surface area (Å²) in [6.07, 6.45) is 3.14. The van der Waals surface area contributed by atoms with E-state index in [4.69, 9.17) is 0 Å². The van der Waals surface area contributed by atoms with Gasteiger partial charge in [0.15, 0.2) is 0 Å². The van der Waals surface area contributed by atoms with Crippen LogP contribution in [0.3, 0.4) is 0 Å². The number of hydrogen-bond donors (Lipinski definition) is 0. The van der Waals surface area contributed by atoms with Crippen LogP contribution in [0.5, 0.6) is 0 Å². The third-order valence-corrected chi connectivity index (χ3v) is 1.93. The molecule has 66 valence electrons. The van der Waals surface area contributed by atoms with E-state index in [0.29, 0.717) is 5.69 Å². The van der Waals surface area contributed by atoms with Crippen LogP contribution in [-0.4, -0.2) is 23.6 Å². The highest BCUT2D eigenvalue weighted by Crippen LogP contribution is 2.19. The van der Waals surface area contributed by atoms with Crippen LogP contribution >= 0.6 is 0 Å². The normalized spacial score (nSPS) is 13.9. The molecule has 2 rings (SSSR count). The van der Waals surface area contributed by atoms with Crippen molar-refractivity contribution in [2.45, 2.75) is 0 Å². The average Bonchev–Trinajstić information content (AvgIpc) is 2.68. The number of aromatic nitrogens is 1. The Bertz CT molecular complexity index is 414. The van der Waals surface area contributed by atoms with E-state index in [0.717, 1.165) is 0 Å². The molecule has 4 heteroatoms. The first-order valence-corrected chi connectivity index (χ1v) is 3.76. The Balaban J connectivity index is 2.43. The zero-order valence-electron chi connectivity index (χ0n) is 6.98. The first-order valence-electron chi connectivity index (χ1n) is 3.76. The molecular formula is C9H7NO3. The van der Waals surface area contributed by atoms with Gasteiger partial charge < -0.3 is 4.74 Å². The Morgan fingerprint density at radius 1 is 1.54 bits per heavy atom. The number of carbonyl (C=O) groups excluding carboxylic acids is 2.